The van der Waals surface area contributed by atoms with Gasteiger partial charge in [-0.3, -0.25) is 5.43 Å². The minimum Gasteiger partial charge on any atom is -0.349 e. The quantitative estimate of drug-likeness (QED) is 0.802. The normalized spacial score (nSPS) is 15.4. The van der Waals surface area contributed by atoms with Gasteiger partial charge in [-0.2, -0.15) is 0 Å². The van der Waals surface area contributed by atoms with E-state index in [-0.39, 0.29) is 0 Å². The highest BCUT2D eigenvalue weighted by atomic mass is 28.3. The highest BCUT2D eigenvalue weighted by molar-refractivity contribution is 6.83. The summed E-state index contributed by atoms with van der Waals surface area (Å²) in [6.07, 6.45) is 1.95. The number of carbonyl (C=O) groups is 1. The zero-order valence-corrected chi connectivity index (χ0v) is 11.8. The number of nitrogens with zero attached hydrogens (tertiary/aromatic N) is 2. The fourth-order valence-electron chi connectivity index (χ4n) is 1.67. The van der Waals surface area contributed by atoms with Gasteiger partial charge in [0.25, 0.3) is 0 Å². The lowest BCUT2D eigenvalue weighted by Crippen LogP contribution is -2.51. The van der Waals surface area contributed by atoms with E-state index in [1.165, 1.54) is 5.12 Å². The van der Waals surface area contributed by atoms with Gasteiger partial charge < -0.3 is 5.73 Å². The third-order valence-corrected chi connectivity index (χ3v) is 4.59. The van der Waals surface area contributed by atoms with Crippen LogP contribution in [0.4, 0.5) is 10.5 Å². The number of nitrogens with one attached hydrogen (secondary N) is 1. The van der Waals surface area contributed by atoms with E-state index in [0.29, 0.717) is 0 Å². The van der Waals surface area contributed by atoms with Crippen LogP contribution in [0.25, 0.3) is 0 Å². The van der Waals surface area contributed by atoms with Crippen molar-refractivity contribution in [3.05, 3.63) is 41.9 Å². The van der Waals surface area contributed by atoms with E-state index in [9.17, 15) is 4.79 Å². The van der Waals surface area contributed by atoms with Crippen LogP contribution in [0.15, 0.2) is 41.9 Å². The highest BCUT2D eigenvalue weighted by Crippen LogP contribution is 2.24. The number of benzene rings is 1. The summed E-state index contributed by atoms with van der Waals surface area (Å²) in [5.74, 6) is 0. The number of primary amides is 1. The van der Waals surface area contributed by atoms with E-state index in [2.05, 4.69) is 25.1 Å². The summed E-state index contributed by atoms with van der Waals surface area (Å²) in [6.45, 7) is 6.62. The third kappa shape index (κ3) is 2.33. The van der Waals surface area contributed by atoms with Gasteiger partial charge in [0.2, 0.25) is 0 Å². The molecule has 0 aliphatic carbocycles. The summed E-state index contributed by atoms with van der Waals surface area (Å²) in [6, 6.07) is 9.13. The molecule has 0 unspecified atom stereocenters. The van der Waals surface area contributed by atoms with Gasteiger partial charge in [-0.05, 0) is 12.1 Å². The van der Waals surface area contributed by atoms with Crippen LogP contribution >= 0.6 is 0 Å². The molecule has 0 saturated heterocycles. The summed E-state index contributed by atoms with van der Waals surface area (Å²) < 4.78 is 0. The molecule has 0 aromatic heterocycles. The molecule has 1 heterocycles. The Morgan fingerprint density at radius 2 is 1.83 bits per heavy atom. The molecule has 0 atom stereocenters. The van der Waals surface area contributed by atoms with Crippen molar-refractivity contribution >= 4 is 19.8 Å². The SMILES string of the molecule is C[Si](C)(C)C1=CN(c2ccccc2)N(C(N)=O)N1. The van der Waals surface area contributed by atoms with Gasteiger partial charge in [0.15, 0.2) is 0 Å². The molecule has 1 aliphatic heterocycles. The van der Waals surface area contributed by atoms with Crippen molar-refractivity contribution in [2.24, 2.45) is 5.73 Å². The van der Waals surface area contributed by atoms with Crippen LogP contribution < -0.4 is 16.2 Å². The Kier molecular flexibility index (Phi) is 3.04. The number of carbonyl (C=O) groups excluding carboxylic acids is 1. The van der Waals surface area contributed by atoms with Crippen LogP contribution in [0.5, 0.6) is 0 Å². The van der Waals surface area contributed by atoms with Gasteiger partial charge >= 0.3 is 6.03 Å². The van der Waals surface area contributed by atoms with Crippen LogP contribution in [0.3, 0.4) is 0 Å². The molecule has 18 heavy (non-hydrogen) atoms. The maximum Gasteiger partial charge on any atom is 0.353 e. The number of rotatable bonds is 2. The molecule has 1 aromatic carbocycles. The number of hydrogen-bond donors (Lipinski definition) is 2. The lowest BCUT2D eigenvalue weighted by molar-refractivity contribution is 0.197. The molecule has 2 rings (SSSR count). The number of amides is 2. The average Bonchev–Trinajstić information content (AvgIpc) is 2.74. The number of hydrazine groups is 2. The molecule has 2 amide bonds. The summed E-state index contributed by atoms with van der Waals surface area (Å²) >= 11 is 0. The van der Waals surface area contributed by atoms with Crippen molar-refractivity contribution in [2.75, 3.05) is 5.01 Å². The van der Waals surface area contributed by atoms with E-state index < -0.39 is 14.1 Å². The molecular weight excluding hydrogens is 244 g/mol. The molecule has 0 saturated carbocycles. The van der Waals surface area contributed by atoms with E-state index in [1.807, 2.05) is 36.5 Å². The number of hydrogen-bond acceptors (Lipinski definition) is 3. The Morgan fingerprint density at radius 1 is 1.22 bits per heavy atom. The number of anilines is 1. The molecule has 6 heteroatoms. The van der Waals surface area contributed by atoms with E-state index in [0.717, 1.165) is 11.0 Å². The van der Waals surface area contributed by atoms with E-state index >= 15 is 0 Å². The van der Waals surface area contributed by atoms with Crippen molar-refractivity contribution in [1.82, 2.24) is 10.5 Å². The molecular formula is C12H18N4OSi. The van der Waals surface area contributed by atoms with Crippen LogP contribution in [-0.2, 0) is 0 Å². The lowest BCUT2D eigenvalue weighted by Gasteiger charge is -2.27. The summed E-state index contributed by atoms with van der Waals surface area (Å²) in [5.41, 5.74) is 9.38. The summed E-state index contributed by atoms with van der Waals surface area (Å²) in [5, 5.41) is 4.16. The monoisotopic (exact) mass is 262 g/mol. The Hall–Kier alpha value is -1.95. The molecule has 0 radical (unpaired) electrons. The molecule has 0 spiro atoms. The van der Waals surface area contributed by atoms with Gasteiger partial charge in [0.1, 0.15) is 8.07 Å². The van der Waals surface area contributed by atoms with Crippen LogP contribution in [-0.4, -0.2) is 19.2 Å². The molecule has 5 nitrogen and oxygen atoms in total. The first-order valence-electron chi connectivity index (χ1n) is 5.82. The second-order valence-corrected chi connectivity index (χ2v) is 10.3. The molecule has 96 valence electrons. The van der Waals surface area contributed by atoms with Gasteiger partial charge in [-0.15, -0.1) is 5.12 Å². The van der Waals surface area contributed by atoms with Crippen LogP contribution in [0.1, 0.15) is 0 Å². The highest BCUT2D eigenvalue weighted by Gasteiger charge is 2.32. The zero-order valence-electron chi connectivity index (χ0n) is 10.8. The van der Waals surface area contributed by atoms with Gasteiger partial charge in [-0.1, -0.05) is 37.8 Å². The maximum atomic E-state index is 11.5. The van der Waals surface area contributed by atoms with Crippen LogP contribution in [0.2, 0.25) is 19.6 Å². The predicted octanol–water partition coefficient (Wildman–Crippen LogP) is 2.03. The fraction of sp³-hybridized carbons (Fsp3) is 0.250. The summed E-state index contributed by atoms with van der Waals surface area (Å²) in [4.78, 5) is 11.5. The Labute approximate surface area is 108 Å². The fourth-order valence-corrected chi connectivity index (χ4v) is 2.62. The third-order valence-electron chi connectivity index (χ3n) is 2.73. The first-order valence-corrected chi connectivity index (χ1v) is 9.32. The largest absolute Gasteiger partial charge is 0.353 e. The molecule has 3 N–H and O–H groups in total. The smallest absolute Gasteiger partial charge is 0.349 e. The van der Waals surface area contributed by atoms with E-state index in [4.69, 9.17) is 5.73 Å². The molecule has 0 bridgehead atoms. The van der Waals surface area contributed by atoms with E-state index in [1.54, 1.807) is 5.01 Å². The standard InChI is InChI=1S/C12H18N4OSi/c1-18(2,3)11-9-15(16(14-11)12(13)17)10-7-5-4-6-8-10/h4-9,14H,1-3H3,(H2,13,17). The van der Waals surface area contributed by atoms with Gasteiger partial charge in [-0.25, -0.2) is 9.80 Å². The average molecular weight is 262 g/mol. The number of para-hydroxylation sites is 1. The first kappa shape index (κ1) is 12.5. The molecule has 1 aliphatic rings. The predicted molar refractivity (Wildman–Crippen MR) is 74.9 cm³/mol. The lowest BCUT2D eigenvalue weighted by atomic mass is 10.3. The first-order chi connectivity index (χ1) is 8.39. The number of nitrogens with two attached hydrogens (primary N) is 1. The van der Waals surface area contributed by atoms with Crippen LogP contribution in [0, 0.1) is 0 Å². The second-order valence-electron chi connectivity index (χ2n) is 5.23. The van der Waals surface area contributed by atoms with Crippen molar-refractivity contribution in [1.29, 1.82) is 0 Å². The van der Waals surface area contributed by atoms with Crippen molar-refractivity contribution in [3.63, 3.8) is 0 Å². The Bertz CT molecular complexity index is 481. The number of urea groups is 1. The van der Waals surface area contributed by atoms with Crippen molar-refractivity contribution < 1.29 is 4.79 Å². The van der Waals surface area contributed by atoms with Crippen molar-refractivity contribution in [2.45, 2.75) is 19.6 Å². The maximum absolute atomic E-state index is 11.5. The Morgan fingerprint density at radius 3 is 2.33 bits per heavy atom. The minimum atomic E-state index is -1.53. The van der Waals surface area contributed by atoms with Crippen molar-refractivity contribution in [3.8, 4) is 0 Å². The molecule has 0 fully saturated rings. The van der Waals surface area contributed by atoms with Gasteiger partial charge in [0, 0.05) is 11.5 Å². The second kappa shape index (κ2) is 4.38. The minimum absolute atomic E-state index is 0.525. The molecule has 1 aromatic rings. The Balaban J connectivity index is 2.36. The summed E-state index contributed by atoms with van der Waals surface area (Å²) in [7, 11) is -1.53. The zero-order chi connectivity index (χ0) is 13.3. The van der Waals surface area contributed by atoms with Gasteiger partial charge in [0.05, 0.1) is 5.69 Å². The topological polar surface area (TPSA) is 61.6 Å².